The zero-order valence-corrected chi connectivity index (χ0v) is 12.6. The fourth-order valence-corrected chi connectivity index (χ4v) is 2.22. The third-order valence-electron chi connectivity index (χ3n) is 3.24. The highest BCUT2D eigenvalue weighted by atomic mass is 19.1. The second kappa shape index (κ2) is 7.46. The van der Waals surface area contributed by atoms with Crippen molar-refractivity contribution in [1.82, 2.24) is 0 Å². The maximum absolute atomic E-state index is 13.3. The lowest BCUT2D eigenvalue weighted by Gasteiger charge is -2.14. The van der Waals surface area contributed by atoms with Crippen molar-refractivity contribution >= 4 is 17.3 Å². The molecule has 6 nitrogen and oxygen atoms in total. The Morgan fingerprint density at radius 3 is 2.61 bits per heavy atom. The number of nitrogens with zero attached hydrogens (tertiary/aromatic N) is 1. The highest BCUT2D eigenvalue weighted by Crippen LogP contribution is 2.21. The molecule has 0 bridgehead atoms. The molecule has 0 aliphatic heterocycles. The molecule has 2 rings (SSSR count). The number of likely N-dealkylation sites (N-methyl/N-ethyl adjacent to an activating group) is 1. The first-order valence-corrected chi connectivity index (χ1v) is 7.04. The number of quaternary nitrogens is 1. The van der Waals surface area contributed by atoms with Crippen LogP contribution in [0.1, 0.15) is 5.56 Å². The number of carbonyl (C=O) groups is 1. The van der Waals surface area contributed by atoms with E-state index in [9.17, 15) is 19.3 Å². The van der Waals surface area contributed by atoms with Crippen LogP contribution in [0, 0.1) is 15.9 Å². The maximum Gasteiger partial charge on any atom is 0.306 e. The van der Waals surface area contributed by atoms with Gasteiger partial charge in [0.05, 0.1) is 12.0 Å². The predicted molar refractivity (Wildman–Crippen MR) is 83.6 cm³/mol. The first kappa shape index (κ1) is 16.6. The van der Waals surface area contributed by atoms with Crippen LogP contribution in [0.25, 0.3) is 0 Å². The standard InChI is InChI=1S/C16H16FN3O3/c1-19(10-12-5-3-2-4-6-12)11-16(21)18-13-7-8-14(17)15(9-13)20(22)23/h2-9H,10-11H2,1H3,(H,18,21)/p+1. The molecule has 0 saturated heterocycles. The van der Waals surface area contributed by atoms with Crippen LogP contribution in [0.2, 0.25) is 0 Å². The van der Waals surface area contributed by atoms with E-state index in [0.29, 0.717) is 6.54 Å². The molecule has 1 amide bonds. The molecule has 2 aromatic carbocycles. The van der Waals surface area contributed by atoms with E-state index >= 15 is 0 Å². The Bertz CT molecular complexity index is 707. The van der Waals surface area contributed by atoms with Gasteiger partial charge in [-0.25, -0.2) is 0 Å². The summed E-state index contributed by atoms with van der Waals surface area (Å²) in [6, 6.07) is 13.0. The van der Waals surface area contributed by atoms with Crippen LogP contribution in [0.15, 0.2) is 48.5 Å². The molecule has 0 heterocycles. The molecular weight excluding hydrogens is 301 g/mol. The van der Waals surface area contributed by atoms with E-state index in [2.05, 4.69) is 5.32 Å². The minimum Gasteiger partial charge on any atom is -0.326 e. The van der Waals surface area contributed by atoms with Crippen LogP contribution >= 0.6 is 0 Å². The van der Waals surface area contributed by atoms with Crippen molar-refractivity contribution in [2.24, 2.45) is 0 Å². The van der Waals surface area contributed by atoms with Gasteiger partial charge in [-0.2, -0.15) is 4.39 Å². The quantitative estimate of drug-likeness (QED) is 0.624. The second-order valence-corrected chi connectivity index (χ2v) is 5.27. The number of benzene rings is 2. The Balaban J connectivity index is 1.94. The van der Waals surface area contributed by atoms with Crippen molar-refractivity contribution in [3.05, 3.63) is 70.0 Å². The van der Waals surface area contributed by atoms with Crippen LogP contribution in [-0.2, 0) is 11.3 Å². The summed E-state index contributed by atoms with van der Waals surface area (Å²) in [6.07, 6.45) is 0. The number of amides is 1. The molecule has 2 aromatic rings. The topological polar surface area (TPSA) is 76.7 Å². The van der Waals surface area contributed by atoms with Crippen molar-refractivity contribution < 1.29 is 19.0 Å². The van der Waals surface area contributed by atoms with Gasteiger partial charge in [0.25, 0.3) is 5.91 Å². The molecule has 0 aromatic heterocycles. The summed E-state index contributed by atoms with van der Waals surface area (Å²) in [6.45, 7) is 0.873. The lowest BCUT2D eigenvalue weighted by molar-refractivity contribution is -0.885. The number of rotatable bonds is 6. The van der Waals surface area contributed by atoms with Crippen molar-refractivity contribution in [3.63, 3.8) is 0 Å². The second-order valence-electron chi connectivity index (χ2n) is 5.27. The number of carbonyl (C=O) groups excluding carboxylic acids is 1. The zero-order valence-electron chi connectivity index (χ0n) is 12.6. The van der Waals surface area contributed by atoms with Gasteiger partial charge in [0, 0.05) is 17.3 Å². The Morgan fingerprint density at radius 2 is 1.96 bits per heavy atom. The van der Waals surface area contributed by atoms with Gasteiger partial charge in [-0.1, -0.05) is 30.3 Å². The van der Waals surface area contributed by atoms with Gasteiger partial charge < -0.3 is 10.2 Å². The summed E-state index contributed by atoms with van der Waals surface area (Å²) in [5.41, 5.74) is 0.651. The number of nitrogens with one attached hydrogen (secondary N) is 2. The number of nitro groups is 1. The highest BCUT2D eigenvalue weighted by Gasteiger charge is 2.16. The number of anilines is 1. The predicted octanol–water partition coefficient (Wildman–Crippen LogP) is 1.39. The van der Waals surface area contributed by atoms with Crippen LogP contribution in [0.4, 0.5) is 15.8 Å². The van der Waals surface area contributed by atoms with E-state index in [0.717, 1.165) is 22.6 Å². The molecule has 23 heavy (non-hydrogen) atoms. The third kappa shape index (κ3) is 4.86. The molecule has 1 atom stereocenters. The summed E-state index contributed by atoms with van der Waals surface area (Å²) >= 11 is 0. The van der Waals surface area contributed by atoms with E-state index in [1.54, 1.807) is 0 Å². The molecule has 0 aliphatic carbocycles. The summed E-state index contributed by atoms with van der Waals surface area (Å²) in [4.78, 5) is 22.8. The molecule has 0 radical (unpaired) electrons. The molecule has 0 spiro atoms. The summed E-state index contributed by atoms with van der Waals surface area (Å²) in [7, 11) is 1.87. The normalized spacial score (nSPS) is 11.7. The lowest BCUT2D eigenvalue weighted by Crippen LogP contribution is -3.08. The van der Waals surface area contributed by atoms with Crippen LogP contribution in [0.5, 0.6) is 0 Å². The number of hydrogen-bond acceptors (Lipinski definition) is 3. The van der Waals surface area contributed by atoms with Crippen molar-refractivity contribution in [3.8, 4) is 0 Å². The molecule has 120 valence electrons. The number of nitro benzene ring substituents is 1. The third-order valence-corrected chi connectivity index (χ3v) is 3.24. The summed E-state index contributed by atoms with van der Waals surface area (Å²) < 4.78 is 13.3. The minimum absolute atomic E-state index is 0.195. The van der Waals surface area contributed by atoms with E-state index in [1.807, 2.05) is 37.4 Å². The van der Waals surface area contributed by atoms with Gasteiger partial charge in [-0.05, 0) is 12.1 Å². The monoisotopic (exact) mass is 318 g/mol. The van der Waals surface area contributed by atoms with Gasteiger partial charge in [-0.15, -0.1) is 0 Å². The van der Waals surface area contributed by atoms with Gasteiger partial charge in [-0.3, -0.25) is 14.9 Å². The van der Waals surface area contributed by atoms with Crippen LogP contribution < -0.4 is 10.2 Å². The Kier molecular flexibility index (Phi) is 5.37. The summed E-state index contributed by atoms with van der Waals surface area (Å²) in [5.74, 6) is -1.22. The van der Waals surface area contributed by atoms with E-state index in [4.69, 9.17) is 0 Å². The number of halogens is 1. The molecular formula is C16H17FN3O3+. The SMILES string of the molecule is C[NH+](CC(=O)Nc1ccc(F)c([N+](=O)[O-])c1)Cc1ccccc1. The van der Waals surface area contributed by atoms with Gasteiger partial charge >= 0.3 is 5.69 Å². The summed E-state index contributed by atoms with van der Waals surface area (Å²) in [5, 5.41) is 13.2. The molecule has 2 N–H and O–H groups in total. The van der Waals surface area contributed by atoms with E-state index in [1.165, 1.54) is 6.07 Å². The van der Waals surface area contributed by atoms with Gasteiger partial charge in [0.15, 0.2) is 6.54 Å². The highest BCUT2D eigenvalue weighted by molar-refractivity contribution is 5.91. The van der Waals surface area contributed by atoms with Crippen molar-refractivity contribution in [1.29, 1.82) is 0 Å². The van der Waals surface area contributed by atoms with Crippen molar-refractivity contribution in [2.75, 3.05) is 18.9 Å². The average Bonchev–Trinajstić information content (AvgIpc) is 2.49. The molecule has 1 unspecified atom stereocenters. The molecule has 0 fully saturated rings. The molecule has 7 heteroatoms. The average molecular weight is 318 g/mol. The first-order valence-electron chi connectivity index (χ1n) is 7.04. The Morgan fingerprint density at radius 1 is 1.26 bits per heavy atom. The van der Waals surface area contributed by atoms with Crippen molar-refractivity contribution in [2.45, 2.75) is 6.54 Å². The van der Waals surface area contributed by atoms with E-state index < -0.39 is 16.4 Å². The Hall–Kier alpha value is -2.80. The van der Waals surface area contributed by atoms with Gasteiger partial charge in [0.2, 0.25) is 5.82 Å². The van der Waals surface area contributed by atoms with Crippen LogP contribution in [0.3, 0.4) is 0 Å². The van der Waals surface area contributed by atoms with E-state index in [-0.39, 0.29) is 18.1 Å². The smallest absolute Gasteiger partial charge is 0.306 e. The fraction of sp³-hybridized carbons (Fsp3) is 0.188. The molecule has 0 saturated carbocycles. The molecule has 0 aliphatic rings. The Labute approximate surface area is 132 Å². The first-order chi connectivity index (χ1) is 11.0. The fourth-order valence-electron chi connectivity index (χ4n) is 2.22. The zero-order chi connectivity index (χ0) is 16.8. The largest absolute Gasteiger partial charge is 0.326 e. The maximum atomic E-state index is 13.3. The lowest BCUT2D eigenvalue weighted by atomic mass is 10.2. The van der Waals surface area contributed by atoms with Crippen LogP contribution in [-0.4, -0.2) is 24.4 Å². The number of hydrogen-bond donors (Lipinski definition) is 2. The van der Waals surface area contributed by atoms with Gasteiger partial charge in [0.1, 0.15) is 6.54 Å². The minimum atomic E-state index is -0.931.